The number of aromatic nitrogens is 2. The van der Waals surface area contributed by atoms with Crippen LogP contribution in [0.2, 0.25) is 0 Å². The normalized spacial score (nSPS) is 11.3. The second kappa shape index (κ2) is 11.8. The summed E-state index contributed by atoms with van der Waals surface area (Å²) in [6, 6.07) is 16.4. The molecule has 0 amide bonds. The second-order valence-electron chi connectivity index (χ2n) is 7.56. The van der Waals surface area contributed by atoms with Gasteiger partial charge in [0.2, 0.25) is 0 Å². The molecule has 2 aromatic carbocycles. The quantitative estimate of drug-likeness (QED) is 0.390. The predicted molar refractivity (Wildman–Crippen MR) is 128 cm³/mol. The van der Waals surface area contributed by atoms with Crippen LogP contribution in [0, 0.1) is 0 Å². The Hall–Kier alpha value is -3.48. The molecular formula is C25H33N5O2. The highest BCUT2D eigenvalue weighted by molar-refractivity contribution is 5.79. The molecule has 0 atom stereocenters. The molecule has 170 valence electrons. The van der Waals surface area contributed by atoms with E-state index in [9.17, 15) is 0 Å². The van der Waals surface area contributed by atoms with Gasteiger partial charge in [-0.3, -0.25) is 4.68 Å². The van der Waals surface area contributed by atoms with Gasteiger partial charge in [-0.15, -0.1) is 0 Å². The minimum atomic E-state index is 0.581. The predicted octanol–water partition coefficient (Wildman–Crippen LogP) is 3.59. The maximum atomic E-state index is 5.41. The van der Waals surface area contributed by atoms with Crippen molar-refractivity contribution in [3.8, 4) is 11.5 Å². The van der Waals surface area contributed by atoms with Crippen LogP contribution in [0.5, 0.6) is 11.5 Å². The van der Waals surface area contributed by atoms with Crippen molar-refractivity contribution in [3.63, 3.8) is 0 Å². The van der Waals surface area contributed by atoms with E-state index in [4.69, 9.17) is 14.5 Å². The molecule has 0 saturated heterocycles. The zero-order chi connectivity index (χ0) is 22.8. The van der Waals surface area contributed by atoms with Crippen molar-refractivity contribution >= 4 is 5.96 Å². The maximum absolute atomic E-state index is 5.41. The molecule has 1 N–H and O–H groups in total. The molecule has 0 fully saturated rings. The zero-order valence-corrected chi connectivity index (χ0v) is 19.4. The zero-order valence-electron chi connectivity index (χ0n) is 19.4. The molecule has 0 radical (unpaired) electrons. The number of hydrogen-bond acceptors (Lipinski definition) is 4. The lowest BCUT2D eigenvalue weighted by atomic mass is 10.1. The number of likely N-dealkylation sites (N-methyl/N-ethyl adjacent to an activating group) is 1. The van der Waals surface area contributed by atoms with Crippen molar-refractivity contribution in [2.24, 2.45) is 4.99 Å². The maximum Gasteiger partial charge on any atom is 0.193 e. The lowest BCUT2D eigenvalue weighted by molar-refractivity contribution is 0.354. The van der Waals surface area contributed by atoms with E-state index >= 15 is 0 Å². The van der Waals surface area contributed by atoms with E-state index in [1.807, 2.05) is 41.2 Å². The number of nitrogens with zero attached hydrogens (tertiary/aromatic N) is 4. The monoisotopic (exact) mass is 435 g/mol. The van der Waals surface area contributed by atoms with Crippen molar-refractivity contribution in [2.45, 2.75) is 26.4 Å². The Morgan fingerprint density at radius 3 is 2.53 bits per heavy atom. The van der Waals surface area contributed by atoms with Gasteiger partial charge in [0.05, 0.1) is 33.5 Å². The summed E-state index contributed by atoms with van der Waals surface area (Å²) in [7, 11) is 5.36. The fourth-order valence-electron chi connectivity index (χ4n) is 3.42. The summed E-state index contributed by atoms with van der Waals surface area (Å²) in [5.74, 6) is 2.37. The Kier molecular flexibility index (Phi) is 8.54. The fraction of sp³-hybridized carbons (Fsp3) is 0.360. The number of benzene rings is 2. The van der Waals surface area contributed by atoms with Crippen LogP contribution < -0.4 is 14.8 Å². The Morgan fingerprint density at radius 2 is 1.81 bits per heavy atom. The van der Waals surface area contributed by atoms with Crippen molar-refractivity contribution < 1.29 is 9.47 Å². The molecule has 7 heteroatoms. The number of rotatable bonds is 10. The summed E-state index contributed by atoms with van der Waals surface area (Å²) in [6.45, 7) is 5.06. The van der Waals surface area contributed by atoms with Crippen LogP contribution in [0.15, 0.2) is 65.9 Å². The summed E-state index contributed by atoms with van der Waals surface area (Å²) in [6.07, 6.45) is 4.82. The molecule has 0 aliphatic carbocycles. The smallest absolute Gasteiger partial charge is 0.193 e. The van der Waals surface area contributed by atoms with Crippen LogP contribution >= 0.6 is 0 Å². The Labute approximate surface area is 190 Å². The molecule has 3 rings (SSSR count). The number of nitrogens with one attached hydrogen (secondary N) is 1. The molecule has 0 aliphatic heterocycles. The summed E-state index contributed by atoms with van der Waals surface area (Å²) in [5, 5.41) is 7.86. The minimum absolute atomic E-state index is 0.581. The first-order chi connectivity index (χ1) is 15.6. The highest BCUT2D eigenvalue weighted by Crippen LogP contribution is 2.27. The third-order valence-electron chi connectivity index (χ3n) is 5.17. The molecule has 3 aromatic rings. The molecule has 1 heterocycles. The molecule has 0 saturated carbocycles. The highest BCUT2D eigenvalue weighted by atomic mass is 16.5. The van der Waals surface area contributed by atoms with Gasteiger partial charge in [-0.2, -0.15) is 5.10 Å². The summed E-state index contributed by atoms with van der Waals surface area (Å²) in [5.41, 5.74) is 3.51. The van der Waals surface area contributed by atoms with Gasteiger partial charge in [-0.1, -0.05) is 36.4 Å². The van der Waals surface area contributed by atoms with Gasteiger partial charge in [0, 0.05) is 31.9 Å². The Balaban J connectivity index is 1.59. The number of hydrogen-bond donors (Lipinski definition) is 1. The molecule has 1 aromatic heterocycles. The lowest BCUT2D eigenvalue weighted by Gasteiger charge is -2.22. The molecular weight excluding hydrogens is 402 g/mol. The largest absolute Gasteiger partial charge is 0.493 e. The van der Waals surface area contributed by atoms with E-state index in [1.54, 1.807) is 14.2 Å². The third-order valence-corrected chi connectivity index (χ3v) is 5.17. The van der Waals surface area contributed by atoms with E-state index in [1.165, 1.54) is 11.1 Å². The third kappa shape index (κ3) is 6.51. The van der Waals surface area contributed by atoms with Crippen molar-refractivity contribution in [2.75, 3.05) is 34.4 Å². The van der Waals surface area contributed by atoms with Crippen LogP contribution in [-0.2, 0) is 19.5 Å². The average Bonchev–Trinajstić information content (AvgIpc) is 3.27. The molecule has 0 bridgehead atoms. The van der Waals surface area contributed by atoms with Gasteiger partial charge in [0.25, 0.3) is 0 Å². The van der Waals surface area contributed by atoms with Crippen LogP contribution in [0.3, 0.4) is 0 Å². The van der Waals surface area contributed by atoms with Crippen molar-refractivity contribution in [3.05, 3.63) is 77.6 Å². The Morgan fingerprint density at radius 1 is 1.03 bits per heavy atom. The van der Waals surface area contributed by atoms with Gasteiger partial charge in [-0.05, 0) is 36.6 Å². The van der Waals surface area contributed by atoms with E-state index < -0.39 is 0 Å². The number of aliphatic imine (C=N–C) groups is 1. The molecule has 7 nitrogen and oxygen atoms in total. The van der Waals surface area contributed by atoms with E-state index in [2.05, 4.69) is 53.7 Å². The standard InChI is InChI=1S/C25H33N5O2/c1-5-26-25(29(2)14-13-20-11-12-23(31-3)24(15-20)32-4)27-16-22-17-28-30(19-22)18-21-9-7-6-8-10-21/h6-12,15,17,19H,5,13-14,16,18H2,1-4H3,(H,26,27). The van der Waals surface area contributed by atoms with Crippen LogP contribution in [0.4, 0.5) is 0 Å². The van der Waals surface area contributed by atoms with Crippen LogP contribution in [0.1, 0.15) is 23.6 Å². The van der Waals surface area contributed by atoms with E-state index in [0.717, 1.165) is 49.1 Å². The molecule has 32 heavy (non-hydrogen) atoms. The van der Waals surface area contributed by atoms with Crippen LogP contribution in [0.25, 0.3) is 0 Å². The minimum Gasteiger partial charge on any atom is -0.493 e. The highest BCUT2D eigenvalue weighted by Gasteiger charge is 2.09. The van der Waals surface area contributed by atoms with Gasteiger partial charge < -0.3 is 19.7 Å². The van der Waals surface area contributed by atoms with Crippen molar-refractivity contribution in [1.82, 2.24) is 20.0 Å². The first-order valence-electron chi connectivity index (χ1n) is 10.9. The lowest BCUT2D eigenvalue weighted by Crippen LogP contribution is -2.39. The topological polar surface area (TPSA) is 63.9 Å². The van der Waals surface area contributed by atoms with E-state index in [-0.39, 0.29) is 0 Å². The second-order valence-corrected chi connectivity index (χ2v) is 7.56. The first-order valence-corrected chi connectivity index (χ1v) is 10.9. The number of guanidine groups is 1. The summed E-state index contributed by atoms with van der Waals surface area (Å²) < 4.78 is 12.7. The Bertz CT molecular complexity index is 1000. The number of ether oxygens (including phenoxy) is 2. The fourth-order valence-corrected chi connectivity index (χ4v) is 3.42. The van der Waals surface area contributed by atoms with Gasteiger partial charge in [0.1, 0.15) is 0 Å². The van der Waals surface area contributed by atoms with E-state index in [0.29, 0.717) is 6.54 Å². The molecule has 0 unspecified atom stereocenters. The van der Waals surface area contributed by atoms with Gasteiger partial charge >= 0.3 is 0 Å². The average molecular weight is 436 g/mol. The molecule has 0 aliphatic rings. The van der Waals surface area contributed by atoms with Gasteiger partial charge in [-0.25, -0.2) is 4.99 Å². The summed E-state index contributed by atoms with van der Waals surface area (Å²) in [4.78, 5) is 6.96. The first kappa shape index (κ1) is 23.2. The summed E-state index contributed by atoms with van der Waals surface area (Å²) >= 11 is 0. The van der Waals surface area contributed by atoms with Crippen molar-refractivity contribution in [1.29, 1.82) is 0 Å². The van der Waals surface area contributed by atoms with Gasteiger partial charge in [0.15, 0.2) is 17.5 Å². The molecule has 0 spiro atoms. The number of methoxy groups -OCH3 is 2. The van der Waals surface area contributed by atoms with Crippen LogP contribution in [-0.4, -0.2) is 55.0 Å². The SMILES string of the molecule is CCNC(=NCc1cnn(Cc2ccccc2)c1)N(C)CCc1ccc(OC)c(OC)c1.